The second-order valence-electron chi connectivity index (χ2n) is 5.51. The van der Waals surface area contributed by atoms with E-state index in [1.165, 1.54) is 6.07 Å². The third-order valence-corrected chi connectivity index (χ3v) is 6.03. The minimum atomic E-state index is -3.82. The van der Waals surface area contributed by atoms with Crippen molar-refractivity contribution >= 4 is 21.7 Å². The lowest BCUT2D eigenvalue weighted by Crippen LogP contribution is -2.40. The molecule has 0 amide bonds. The molecule has 2 aliphatic heterocycles. The van der Waals surface area contributed by atoms with E-state index >= 15 is 0 Å². The average Bonchev–Trinajstić information content (AvgIpc) is 2.98. The third kappa shape index (κ3) is 2.42. The monoisotopic (exact) mass is 326 g/mol. The largest absolute Gasteiger partial charge is 0.490 e. The van der Waals surface area contributed by atoms with Crippen LogP contribution in [0, 0.1) is 0 Å². The summed E-state index contributed by atoms with van der Waals surface area (Å²) in [6.07, 6.45) is 0.909. The number of carboxylic acid groups (broad SMARTS) is 1. The van der Waals surface area contributed by atoms with Crippen LogP contribution in [0.1, 0.15) is 12.8 Å². The standard InChI is InChI=1S/C14H18N2O5S/c1-15-7-8-21-13-5-4-10(9-12(13)15)22(19,20)16-6-2-3-11(16)14(17)18/h4-5,9,11H,2-3,6-8H2,1H3,(H,17,18). The first-order valence-electron chi connectivity index (χ1n) is 7.14. The second-order valence-corrected chi connectivity index (χ2v) is 7.40. The van der Waals surface area contributed by atoms with E-state index in [1.54, 1.807) is 12.1 Å². The van der Waals surface area contributed by atoms with Crippen molar-refractivity contribution in [2.45, 2.75) is 23.8 Å². The van der Waals surface area contributed by atoms with Gasteiger partial charge in [0.2, 0.25) is 10.0 Å². The number of sulfonamides is 1. The van der Waals surface area contributed by atoms with E-state index in [0.717, 1.165) is 4.31 Å². The van der Waals surface area contributed by atoms with E-state index in [2.05, 4.69) is 0 Å². The van der Waals surface area contributed by atoms with Crippen molar-refractivity contribution in [2.24, 2.45) is 0 Å². The Balaban J connectivity index is 1.99. The highest BCUT2D eigenvalue weighted by atomic mass is 32.2. The van der Waals surface area contributed by atoms with Crippen LogP contribution in [0.15, 0.2) is 23.1 Å². The number of aliphatic carboxylic acids is 1. The third-order valence-electron chi connectivity index (χ3n) is 4.12. The summed E-state index contributed by atoms with van der Waals surface area (Å²) < 4.78 is 32.1. The number of fused-ring (bicyclic) bond motifs is 1. The predicted molar refractivity (Wildman–Crippen MR) is 79.8 cm³/mol. The fourth-order valence-electron chi connectivity index (χ4n) is 2.90. The minimum Gasteiger partial charge on any atom is -0.490 e. The Hall–Kier alpha value is -1.80. The number of benzene rings is 1. The lowest BCUT2D eigenvalue weighted by Gasteiger charge is -2.28. The number of carbonyl (C=O) groups is 1. The van der Waals surface area contributed by atoms with Gasteiger partial charge < -0.3 is 14.7 Å². The molecule has 7 nitrogen and oxygen atoms in total. The Morgan fingerprint density at radius 3 is 2.86 bits per heavy atom. The van der Waals surface area contributed by atoms with E-state index < -0.39 is 22.0 Å². The van der Waals surface area contributed by atoms with Gasteiger partial charge >= 0.3 is 5.97 Å². The molecule has 0 aromatic heterocycles. The predicted octanol–water partition coefficient (Wildman–Crippen LogP) is 0.753. The number of ether oxygens (including phenoxy) is 1. The molecule has 1 N–H and O–H groups in total. The van der Waals surface area contributed by atoms with Gasteiger partial charge in [0.25, 0.3) is 0 Å². The van der Waals surface area contributed by atoms with Gasteiger partial charge in [-0.2, -0.15) is 4.31 Å². The number of likely N-dealkylation sites (N-methyl/N-ethyl adjacent to an activating group) is 1. The van der Waals surface area contributed by atoms with Crippen LogP contribution >= 0.6 is 0 Å². The van der Waals surface area contributed by atoms with Crippen molar-refractivity contribution in [3.05, 3.63) is 18.2 Å². The van der Waals surface area contributed by atoms with Crippen LogP contribution in [0.25, 0.3) is 0 Å². The quantitative estimate of drug-likeness (QED) is 0.882. The maximum absolute atomic E-state index is 12.7. The molecule has 1 atom stereocenters. The first-order chi connectivity index (χ1) is 10.4. The van der Waals surface area contributed by atoms with Crippen LogP contribution in [0.4, 0.5) is 5.69 Å². The smallest absolute Gasteiger partial charge is 0.322 e. The lowest BCUT2D eigenvalue weighted by atomic mass is 10.2. The fraction of sp³-hybridized carbons (Fsp3) is 0.500. The zero-order chi connectivity index (χ0) is 15.9. The van der Waals surface area contributed by atoms with Crippen molar-refractivity contribution in [3.63, 3.8) is 0 Å². The van der Waals surface area contributed by atoms with Crippen molar-refractivity contribution < 1.29 is 23.1 Å². The zero-order valence-electron chi connectivity index (χ0n) is 12.2. The fourth-order valence-corrected chi connectivity index (χ4v) is 4.57. The SMILES string of the molecule is CN1CCOc2ccc(S(=O)(=O)N3CCCC3C(=O)O)cc21. The molecule has 120 valence electrons. The second kappa shape index (κ2) is 5.44. The molecule has 0 bridgehead atoms. The summed E-state index contributed by atoms with van der Waals surface area (Å²) in [7, 11) is -1.95. The maximum atomic E-state index is 12.7. The average molecular weight is 326 g/mol. The molecular weight excluding hydrogens is 308 g/mol. The van der Waals surface area contributed by atoms with Crippen LogP contribution in [0.2, 0.25) is 0 Å². The Labute approximate surface area is 129 Å². The highest BCUT2D eigenvalue weighted by Crippen LogP contribution is 2.35. The Kier molecular flexibility index (Phi) is 3.73. The topological polar surface area (TPSA) is 87.2 Å². The van der Waals surface area contributed by atoms with E-state index in [0.29, 0.717) is 37.4 Å². The van der Waals surface area contributed by atoms with Crippen LogP contribution in [0.5, 0.6) is 5.75 Å². The van der Waals surface area contributed by atoms with Gasteiger partial charge in [0, 0.05) is 13.6 Å². The summed E-state index contributed by atoms with van der Waals surface area (Å²) >= 11 is 0. The molecule has 22 heavy (non-hydrogen) atoms. The molecule has 0 aliphatic carbocycles. The molecule has 0 saturated carbocycles. The Morgan fingerprint density at radius 1 is 1.36 bits per heavy atom. The molecule has 8 heteroatoms. The zero-order valence-corrected chi connectivity index (χ0v) is 13.0. The van der Waals surface area contributed by atoms with Gasteiger partial charge in [-0.15, -0.1) is 0 Å². The van der Waals surface area contributed by atoms with Gasteiger partial charge in [0.15, 0.2) is 0 Å². The Bertz CT molecular complexity index is 703. The number of carboxylic acids is 1. The molecule has 2 aliphatic rings. The molecule has 0 spiro atoms. The number of hydrogen-bond donors (Lipinski definition) is 1. The molecule has 1 unspecified atom stereocenters. The van der Waals surface area contributed by atoms with Crippen LogP contribution in [0.3, 0.4) is 0 Å². The molecule has 2 heterocycles. The minimum absolute atomic E-state index is 0.108. The summed E-state index contributed by atoms with van der Waals surface area (Å²) in [5.41, 5.74) is 0.707. The van der Waals surface area contributed by atoms with Crippen LogP contribution in [-0.2, 0) is 14.8 Å². The van der Waals surface area contributed by atoms with Crippen molar-refractivity contribution in [1.29, 1.82) is 0 Å². The van der Waals surface area contributed by atoms with Gasteiger partial charge in [-0.25, -0.2) is 8.42 Å². The molecule has 3 rings (SSSR count). The van der Waals surface area contributed by atoms with E-state index in [4.69, 9.17) is 4.74 Å². The molecule has 1 aromatic carbocycles. The van der Waals surface area contributed by atoms with Gasteiger partial charge in [0.05, 0.1) is 17.1 Å². The van der Waals surface area contributed by atoms with Gasteiger partial charge in [-0.05, 0) is 31.0 Å². The number of rotatable bonds is 3. The summed E-state index contributed by atoms with van der Waals surface area (Å²) in [6.45, 7) is 1.48. The summed E-state index contributed by atoms with van der Waals surface area (Å²) in [6, 6.07) is 3.69. The number of anilines is 1. The van der Waals surface area contributed by atoms with Crippen LogP contribution in [-0.4, -0.2) is 56.6 Å². The van der Waals surface area contributed by atoms with E-state index in [1.807, 2.05) is 11.9 Å². The van der Waals surface area contributed by atoms with Crippen molar-refractivity contribution in [1.82, 2.24) is 4.31 Å². The van der Waals surface area contributed by atoms with Crippen LogP contribution < -0.4 is 9.64 Å². The molecule has 1 fully saturated rings. The van der Waals surface area contributed by atoms with Crippen molar-refractivity contribution in [2.75, 3.05) is 31.6 Å². The normalized spacial score (nSPS) is 22.2. The summed E-state index contributed by atoms with van der Waals surface area (Å²) in [5.74, 6) is -0.455. The van der Waals surface area contributed by atoms with E-state index in [9.17, 15) is 18.3 Å². The maximum Gasteiger partial charge on any atom is 0.322 e. The summed E-state index contributed by atoms with van der Waals surface area (Å²) in [4.78, 5) is 13.3. The number of hydrogen-bond acceptors (Lipinski definition) is 5. The van der Waals surface area contributed by atoms with Crippen molar-refractivity contribution in [3.8, 4) is 5.75 Å². The first kappa shape index (κ1) is 15.1. The van der Waals surface area contributed by atoms with Gasteiger partial charge in [-0.3, -0.25) is 4.79 Å². The molecular formula is C14H18N2O5S. The number of nitrogens with zero attached hydrogens (tertiary/aromatic N) is 2. The van der Waals surface area contributed by atoms with E-state index in [-0.39, 0.29) is 11.4 Å². The Morgan fingerprint density at radius 2 is 2.14 bits per heavy atom. The molecule has 1 saturated heterocycles. The van der Waals surface area contributed by atoms with Gasteiger partial charge in [-0.1, -0.05) is 0 Å². The lowest BCUT2D eigenvalue weighted by molar-refractivity contribution is -0.140. The van der Waals surface area contributed by atoms with Gasteiger partial charge in [0.1, 0.15) is 18.4 Å². The molecule has 0 radical (unpaired) electrons. The highest BCUT2D eigenvalue weighted by molar-refractivity contribution is 7.89. The molecule has 1 aromatic rings. The summed E-state index contributed by atoms with van der Waals surface area (Å²) in [5, 5.41) is 9.19. The first-order valence-corrected chi connectivity index (χ1v) is 8.58. The highest BCUT2D eigenvalue weighted by Gasteiger charge is 2.39.